The number of halogens is 2. The van der Waals surface area contributed by atoms with Crippen molar-refractivity contribution in [2.75, 3.05) is 10.0 Å². The van der Waals surface area contributed by atoms with Crippen LogP contribution in [0.1, 0.15) is 12.5 Å². The number of hydrogen-bond acceptors (Lipinski definition) is 4. The lowest BCUT2D eigenvalue weighted by molar-refractivity contribution is -0.115. The zero-order valence-electron chi connectivity index (χ0n) is 16.5. The van der Waals surface area contributed by atoms with Crippen molar-refractivity contribution in [3.05, 3.63) is 88.4 Å². The number of benzene rings is 3. The van der Waals surface area contributed by atoms with Crippen molar-refractivity contribution in [1.82, 2.24) is 0 Å². The average Bonchev–Trinajstić information content (AvgIpc) is 2.76. The molecule has 162 valence electrons. The van der Waals surface area contributed by atoms with Crippen LogP contribution >= 0.6 is 35.0 Å². The highest BCUT2D eigenvalue weighted by molar-refractivity contribution is 7.99. The third kappa shape index (κ3) is 6.40. The van der Waals surface area contributed by atoms with Crippen LogP contribution in [0.2, 0.25) is 10.0 Å². The minimum atomic E-state index is -3.86. The van der Waals surface area contributed by atoms with Gasteiger partial charge in [0.05, 0.1) is 25.9 Å². The molecule has 0 aliphatic heterocycles. The molecule has 0 saturated carbocycles. The number of sulfonamides is 1. The van der Waals surface area contributed by atoms with Gasteiger partial charge >= 0.3 is 0 Å². The molecule has 1 amide bonds. The van der Waals surface area contributed by atoms with E-state index in [0.717, 1.165) is 11.3 Å². The summed E-state index contributed by atoms with van der Waals surface area (Å²) in [5.74, 6) is 0.574. The predicted octanol–water partition coefficient (Wildman–Crippen LogP) is 6.05. The van der Waals surface area contributed by atoms with Gasteiger partial charge in [-0.1, -0.05) is 59.6 Å². The van der Waals surface area contributed by atoms with Crippen LogP contribution < -0.4 is 10.0 Å². The first-order valence-electron chi connectivity index (χ1n) is 9.29. The summed E-state index contributed by atoms with van der Waals surface area (Å²) in [6.45, 7) is 1.83. The Morgan fingerprint density at radius 3 is 2.32 bits per heavy atom. The van der Waals surface area contributed by atoms with E-state index in [0.29, 0.717) is 5.69 Å². The Morgan fingerprint density at radius 1 is 0.968 bits per heavy atom. The Labute approximate surface area is 196 Å². The van der Waals surface area contributed by atoms with Crippen molar-refractivity contribution in [1.29, 1.82) is 0 Å². The molecule has 2 N–H and O–H groups in total. The van der Waals surface area contributed by atoms with Crippen LogP contribution in [-0.4, -0.2) is 19.6 Å². The lowest BCUT2D eigenvalue weighted by Crippen LogP contribution is -2.22. The number of anilines is 2. The van der Waals surface area contributed by atoms with Gasteiger partial charge in [0.2, 0.25) is 5.91 Å². The number of amides is 1. The molecule has 31 heavy (non-hydrogen) atoms. The van der Waals surface area contributed by atoms with Crippen LogP contribution in [0.5, 0.6) is 0 Å². The smallest absolute Gasteiger partial charge is 0.261 e. The molecule has 1 atom stereocenters. The molecule has 0 fully saturated rings. The minimum Gasteiger partial charge on any atom is -0.325 e. The maximum atomic E-state index is 12.6. The highest BCUT2D eigenvalue weighted by Crippen LogP contribution is 2.31. The second-order valence-electron chi connectivity index (χ2n) is 6.66. The summed E-state index contributed by atoms with van der Waals surface area (Å²) >= 11 is 13.5. The number of nitrogens with one attached hydrogen (secondary N) is 2. The second kappa shape index (κ2) is 10.4. The van der Waals surface area contributed by atoms with Gasteiger partial charge in [-0.2, -0.15) is 0 Å². The van der Waals surface area contributed by atoms with Crippen LogP contribution in [-0.2, 0) is 20.6 Å². The highest BCUT2D eigenvalue weighted by Gasteiger charge is 2.18. The van der Waals surface area contributed by atoms with Crippen molar-refractivity contribution in [3.8, 4) is 0 Å². The van der Waals surface area contributed by atoms with E-state index in [4.69, 9.17) is 23.2 Å². The average molecular weight is 495 g/mol. The first kappa shape index (κ1) is 23.5. The fraction of sp³-hybridized carbons (Fsp3) is 0.136. The molecular weight excluding hydrogens is 475 g/mol. The molecule has 1 unspecified atom stereocenters. The minimum absolute atomic E-state index is 0.0352. The van der Waals surface area contributed by atoms with Gasteiger partial charge in [-0.15, -0.1) is 11.8 Å². The normalized spacial score (nSPS) is 12.2. The van der Waals surface area contributed by atoms with Crippen molar-refractivity contribution in [2.24, 2.45) is 0 Å². The van der Waals surface area contributed by atoms with E-state index in [9.17, 15) is 13.2 Å². The Balaban J connectivity index is 1.61. The van der Waals surface area contributed by atoms with Gasteiger partial charge in [0, 0.05) is 11.4 Å². The molecule has 3 aromatic carbocycles. The summed E-state index contributed by atoms with van der Waals surface area (Å²) in [7, 11) is -3.86. The third-order valence-corrected chi connectivity index (χ3v) is 7.75. The van der Waals surface area contributed by atoms with Crippen LogP contribution in [0.25, 0.3) is 0 Å². The van der Waals surface area contributed by atoms with Crippen LogP contribution in [0, 0.1) is 0 Å². The quantitative estimate of drug-likeness (QED) is 0.399. The van der Waals surface area contributed by atoms with Gasteiger partial charge in [-0.25, -0.2) is 8.42 Å². The lowest BCUT2D eigenvalue weighted by atomic mass is 10.2. The van der Waals surface area contributed by atoms with E-state index >= 15 is 0 Å². The van der Waals surface area contributed by atoms with Crippen LogP contribution in [0.4, 0.5) is 11.4 Å². The Bertz CT molecular complexity index is 1160. The third-order valence-electron chi connectivity index (χ3n) is 4.34. The Kier molecular flexibility index (Phi) is 7.89. The van der Waals surface area contributed by atoms with E-state index in [1.807, 2.05) is 37.3 Å². The van der Waals surface area contributed by atoms with E-state index < -0.39 is 10.0 Å². The molecule has 0 aliphatic rings. The number of thioether (sulfide) groups is 1. The summed E-state index contributed by atoms with van der Waals surface area (Å²) in [5.41, 5.74) is 1.85. The van der Waals surface area contributed by atoms with E-state index in [1.54, 1.807) is 24.3 Å². The van der Waals surface area contributed by atoms with Gasteiger partial charge in [0.15, 0.2) is 0 Å². The second-order valence-corrected chi connectivity index (χ2v) is 10.5. The van der Waals surface area contributed by atoms with Crippen molar-refractivity contribution < 1.29 is 13.2 Å². The summed E-state index contributed by atoms with van der Waals surface area (Å²) in [6.07, 6.45) is 0. The topological polar surface area (TPSA) is 75.3 Å². The molecule has 0 saturated heterocycles. The van der Waals surface area contributed by atoms with Gasteiger partial charge in [-0.05, 0) is 48.9 Å². The maximum Gasteiger partial charge on any atom is 0.261 e. The highest BCUT2D eigenvalue weighted by atomic mass is 35.5. The van der Waals surface area contributed by atoms with Gasteiger partial charge < -0.3 is 5.32 Å². The van der Waals surface area contributed by atoms with Crippen molar-refractivity contribution in [2.45, 2.75) is 22.8 Å². The molecule has 0 radical (unpaired) electrons. The SMILES string of the molecule is CC(SCc1ccccc1)C(=O)Nc1ccc(S(=O)(=O)Nc2cccc(Cl)c2Cl)cc1. The zero-order chi connectivity index (χ0) is 22.4. The standard InChI is InChI=1S/C22H20Cl2N2O3S2/c1-15(30-14-16-6-3-2-4-7-16)22(27)25-17-10-12-18(13-11-17)31(28,29)26-20-9-5-8-19(23)21(20)24/h2-13,15,26H,14H2,1H3,(H,25,27). The first-order chi connectivity index (χ1) is 14.8. The molecule has 3 rings (SSSR count). The van der Waals surface area contributed by atoms with E-state index in [2.05, 4.69) is 10.0 Å². The molecule has 0 aromatic heterocycles. The number of carbonyl (C=O) groups is 1. The summed E-state index contributed by atoms with van der Waals surface area (Å²) < 4.78 is 27.7. The van der Waals surface area contributed by atoms with Gasteiger partial charge in [0.25, 0.3) is 10.0 Å². The lowest BCUT2D eigenvalue weighted by Gasteiger charge is -2.13. The monoisotopic (exact) mass is 494 g/mol. The number of carbonyl (C=O) groups excluding carboxylic acids is 1. The van der Waals surface area contributed by atoms with Crippen molar-refractivity contribution in [3.63, 3.8) is 0 Å². The molecule has 9 heteroatoms. The summed E-state index contributed by atoms with van der Waals surface area (Å²) in [5, 5.41) is 2.91. The van der Waals surface area contributed by atoms with E-state index in [-0.39, 0.29) is 31.8 Å². The molecule has 0 heterocycles. The van der Waals surface area contributed by atoms with Crippen LogP contribution in [0.3, 0.4) is 0 Å². The first-order valence-corrected chi connectivity index (χ1v) is 12.6. The molecule has 0 bridgehead atoms. The Hall–Kier alpha value is -2.19. The molecular formula is C22H20Cl2N2O3S2. The predicted molar refractivity (Wildman–Crippen MR) is 130 cm³/mol. The molecule has 5 nitrogen and oxygen atoms in total. The maximum absolute atomic E-state index is 12.6. The van der Waals surface area contributed by atoms with E-state index in [1.165, 1.54) is 30.0 Å². The largest absolute Gasteiger partial charge is 0.325 e. The number of hydrogen-bond donors (Lipinski definition) is 2. The summed E-state index contributed by atoms with van der Waals surface area (Å²) in [6, 6.07) is 20.5. The fourth-order valence-electron chi connectivity index (χ4n) is 2.62. The van der Waals surface area contributed by atoms with Crippen molar-refractivity contribution >= 4 is 62.3 Å². The molecule has 3 aromatic rings. The van der Waals surface area contributed by atoms with Gasteiger partial charge in [0.1, 0.15) is 0 Å². The van der Waals surface area contributed by atoms with Gasteiger partial charge in [-0.3, -0.25) is 9.52 Å². The van der Waals surface area contributed by atoms with Crippen LogP contribution in [0.15, 0.2) is 77.7 Å². The fourth-order valence-corrected chi connectivity index (χ4v) is 4.94. The molecule has 0 spiro atoms. The Morgan fingerprint density at radius 2 is 1.65 bits per heavy atom. The number of rotatable bonds is 8. The zero-order valence-corrected chi connectivity index (χ0v) is 19.7. The molecule has 0 aliphatic carbocycles. The summed E-state index contributed by atoms with van der Waals surface area (Å²) in [4.78, 5) is 12.5.